The maximum atomic E-state index is 12.2. The van der Waals surface area contributed by atoms with Gasteiger partial charge in [0, 0.05) is 22.8 Å². The van der Waals surface area contributed by atoms with Crippen LogP contribution in [0.4, 0.5) is 11.4 Å². The Kier molecular flexibility index (Phi) is 5.80. The van der Waals surface area contributed by atoms with Gasteiger partial charge >= 0.3 is 0 Å². The van der Waals surface area contributed by atoms with Gasteiger partial charge in [0.05, 0.1) is 9.96 Å². The Labute approximate surface area is 167 Å². The lowest BCUT2D eigenvalue weighted by Gasteiger charge is -2.01. The highest BCUT2D eigenvalue weighted by Crippen LogP contribution is 2.27. The molecule has 1 heterocycles. The van der Waals surface area contributed by atoms with E-state index in [1.807, 2.05) is 0 Å². The topological polar surface area (TPSA) is 98.0 Å². The summed E-state index contributed by atoms with van der Waals surface area (Å²) in [5.41, 5.74) is 1.06. The van der Waals surface area contributed by atoms with Gasteiger partial charge in [-0.15, -0.1) is 10.2 Å². The second-order valence-electron chi connectivity index (χ2n) is 5.22. The van der Waals surface area contributed by atoms with E-state index in [2.05, 4.69) is 15.5 Å². The van der Waals surface area contributed by atoms with E-state index >= 15 is 0 Å². The largest absolute Gasteiger partial charge is 0.320 e. The van der Waals surface area contributed by atoms with Crippen molar-refractivity contribution < 1.29 is 9.72 Å². The molecule has 0 fully saturated rings. The maximum absolute atomic E-state index is 12.2. The molecule has 0 aliphatic heterocycles. The minimum absolute atomic E-state index is 0.0477. The Morgan fingerprint density at radius 1 is 1.15 bits per heavy atom. The molecule has 3 rings (SSSR count). The lowest BCUT2D eigenvalue weighted by atomic mass is 10.2. The van der Waals surface area contributed by atoms with Gasteiger partial charge in [-0.1, -0.05) is 46.7 Å². The van der Waals surface area contributed by atoms with Crippen molar-refractivity contribution in [2.45, 2.75) is 0 Å². The van der Waals surface area contributed by atoms with Crippen molar-refractivity contribution in [3.05, 3.63) is 79.2 Å². The molecule has 0 atom stereocenters. The van der Waals surface area contributed by atoms with E-state index in [9.17, 15) is 14.9 Å². The van der Waals surface area contributed by atoms with Crippen molar-refractivity contribution in [3.8, 4) is 0 Å². The number of nitro benzene ring substituents is 1. The molecule has 10 heteroatoms. The number of rotatable bonds is 5. The number of benzene rings is 2. The van der Waals surface area contributed by atoms with Crippen molar-refractivity contribution in [3.63, 3.8) is 0 Å². The molecule has 0 saturated heterocycles. The summed E-state index contributed by atoms with van der Waals surface area (Å²) in [5, 5.41) is 22.5. The van der Waals surface area contributed by atoms with Crippen molar-refractivity contribution >= 4 is 62.9 Å². The summed E-state index contributed by atoms with van der Waals surface area (Å²) in [4.78, 5) is 22.6. The molecule has 0 unspecified atom stereocenters. The first-order valence-electron chi connectivity index (χ1n) is 7.45. The van der Waals surface area contributed by atoms with E-state index in [0.29, 0.717) is 21.3 Å². The van der Waals surface area contributed by atoms with Gasteiger partial charge in [0.2, 0.25) is 5.01 Å². The van der Waals surface area contributed by atoms with Gasteiger partial charge in [-0.05, 0) is 35.9 Å². The number of hydrogen-bond acceptors (Lipinski definition) is 6. The monoisotopic (exact) mass is 420 g/mol. The van der Waals surface area contributed by atoms with Crippen LogP contribution < -0.4 is 5.32 Å². The minimum atomic E-state index is -0.491. The second-order valence-corrected chi connectivity index (χ2v) is 7.04. The molecule has 0 saturated carbocycles. The summed E-state index contributed by atoms with van der Waals surface area (Å²) in [6, 6.07) is 12.6. The number of carbonyl (C=O) groups is 1. The van der Waals surface area contributed by atoms with E-state index in [1.165, 1.54) is 18.2 Å². The van der Waals surface area contributed by atoms with Crippen LogP contribution in [-0.2, 0) is 0 Å². The van der Waals surface area contributed by atoms with Crippen molar-refractivity contribution in [1.29, 1.82) is 0 Å². The average molecular weight is 421 g/mol. The first-order chi connectivity index (χ1) is 12.9. The average Bonchev–Trinajstić information content (AvgIpc) is 3.14. The van der Waals surface area contributed by atoms with Gasteiger partial charge in [0.15, 0.2) is 5.01 Å². The van der Waals surface area contributed by atoms with Crippen LogP contribution in [0, 0.1) is 10.1 Å². The second kappa shape index (κ2) is 8.26. The molecule has 1 amide bonds. The normalized spacial score (nSPS) is 11.3. The van der Waals surface area contributed by atoms with Crippen LogP contribution >= 0.6 is 34.5 Å². The van der Waals surface area contributed by atoms with Crippen molar-refractivity contribution in [2.75, 3.05) is 5.32 Å². The predicted molar refractivity (Wildman–Crippen MR) is 106 cm³/mol. The van der Waals surface area contributed by atoms with Gasteiger partial charge < -0.3 is 5.32 Å². The number of aromatic nitrogens is 2. The molecule has 0 radical (unpaired) electrons. The summed E-state index contributed by atoms with van der Waals surface area (Å²) in [6.45, 7) is 0. The fraction of sp³-hybridized carbons (Fsp3) is 0. The lowest BCUT2D eigenvalue weighted by Crippen LogP contribution is -2.11. The Bertz CT molecular complexity index is 1030. The highest BCUT2D eigenvalue weighted by Gasteiger charge is 2.15. The quantitative estimate of drug-likeness (QED) is 0.457. The van der Waals surface area contributed by atoms with Crippen LogP contribution in [0.15, 0.2) is 48.5 Å². The first-order valence-corrected chi connectivity index (χ1v) is 9.02. The van der Waals surface area contributed by atoms with Gasteiger partial charge in [0.1, 0.15) is 0 Å². The van der Waals surface area contributed by atoms with Crippen LogP contribution in [0.5, 0.6) is 0 Å². The summed E-state index contributed by atoms with van der Waals surface area (Å²) in [6.07, 6.45) is 1.52. The molecule has 0 aliphatic carbocycles. The zero-order valence-electron chi connectivity index (χ0n) is 13.4. The smallest absolute Gasteiger partial charge is 0.286 e. The molecule has 0 bridgehead atoms. The molecule has 3 aromatic rings. The van der Waals surface area contributed by atoms with E-state index in [-0.39, 0.29) is 15.7 Å². The number of amides is 1. The van der Waals surface area contributed by atoms with E-state index < -0.39 is 10.8 Å². The number of non-ortho nitro benzene ring substituents is 1. The van der Waals surface area contributed by atoms with Crippen LogP contribution in [0.3, 0.4) is 0 Å². The van der Waals surface area contributed by atoms with Crippen LogP contribution in [0.25, 0.3) is 11.1 Å². The summed E-state index contributed by atoms with van der Waals surface area (Å²) >= 11 is 13.0. The number of anilines is 1. The number of halogens is 2. The first kappa shape index (κ1) is 19.0. The molecule has 136 valence electrons. The number of nitrogens with zero attached hydrogens (tertiary/aromatic N) is 3. The van der Waals surface area contributed by atoms with Gasteiger partial charge in [-0.3, -0.25) is 14.9 Å². The summed E-state index contributed by atoms with van der Waals surface area (Å²) in [5.74, 6) is -0.430. The third-order valence-electron chi connectivity index (χ3n) is 3.30. The zero-order chi connectivity index (χ0) is 19.4. The Morgan fingerprint density at radius 2 is 1.85 bits per heavy atom. The lowest BCUT2D eigenvalue weighted by molar-refractivity contribution is -0.384. The molecular formula is C17H10Cl2N4O3S. The molecule has 0 aliphatic rings. The molecule has 2 aromatic carbocycles. The molecular weight excluding hydrogens is 411 g/mol. The van der Waals surface area contributed by atoms with Gasteiger partial charge in [-0.25, -0.2) is 0 Å². The number of nitro groups is 1. The molecule has 27 heavy (non-hydrogen) atoms. The fourth-order valence-electron chi connectivity index (χ4n) is 2.07. The van der Waals surface area contributed by atoms with Crippen molar-refractivity contribution in [1.82, 2.24) is 10.2 Å². The highest BCUT2D eigenvalue weighted by molar-refractivity contribution is 7.15. The minimum Gasteiger partial charge on any atom is -0.320 e. The van der Waals surface area contributed by atoms with Gasteiger partial charge in [0.25, 0.3) is 11.6 Å². The Balaban J connectivity index is 1.76. The third-order valence-corrected chi connectivity index (χ3v) is 4.91. The zero-order valence-corrected chi connectivity index (χ0v) is 15.8. The Hall–Kier alpha value is -2.81. The highest BCUT2D eigenvalue weighted by atomic mass is 35.5. The fourth-order valence-corrected chi connectivity index (χ4v) is 3.12. The summed E-state index contributed by atoms with van der Waals surface area (Å²) < 4.78 is 0. The van der Waals surface area contributed by atoms with Crippen LogP contribution in [0.2, 0.25) is 5.02 Å². The van der Waals surface area contributed by atoms with Crippen LogP contribution in [-0.4, -0.2) is 21.0 Å². The van der Waals surface area contributed by atoms with E-state index in [1.54, 1.807) is 36.4 Å². The molecule has 1 N–H and O–H groups in total. The maximum Gasteiger partial charge on any atom is 0.286 e. The van der Waals surface area contributed by atoms with E-state index in [4.69, 9.17) is 23.2 Å². The molecule has 1 aromatic heterocycles. The summed E-state index contributed by atoms with van der Waals surface area (Å²) in [7, 11) is 0. The number of hydrogen-bond donors (Lipinski definition) is 1. The Morgan fingerprint density at radius 3 is 2.56 bits per heavy atom. The van der Waals surface area contributed by atoms with Crippen LogP contribution in [0.1, 0.15) is 20.4 Å². The SMILES string of the molecule is O=C(Nc1ccc(Cl)cc1)c1nnc(/C(Cl)=C/c2cccc([N+](=O)[O-])c2)s1. The number of nitrogens with one attached hydrogen (secondary N) is 1. The predicted octanol–water partition coefficient (Wildman–Crippen LogP) is 5.09. The van der Waals surface area contributed by atoms with Crippen molar-refractivity contribution in [2.24, 2.45) is 0 Å². The van der Waals surface area contributed by atoms with Gasteiger partial charge in [-0.2, -0.15) is 0 Å². The standard InChI is InChI=1S/C17H10Cl2N4O3S/c18-11-4-6-12(7-5-11)20-15(24)17-22-21-16(27-17)14(19)9-10-2-1-3-13(8-10)23(25)26/h1-9H,(H,20,24)/b14-9-. The number of carbonyl (C=O) groups excluding carboxylic acids is 1. The van der Waals surface area contributed by atoms with E-state index in [0.717, 1.165) is 11.3 Å². The molecule has 0 spiro atoms. The third kappa shape index (κ3) is 4.88. The molecule has 7 nitrogen and oxygen atoms in total.